The summed E-state index contributed by atoms with van der Waals surface area (Å²) in [6.45, 7) is 0.247. The van der Waals surface area contributed by atoms with Crippen LogP contribution in [0.3, 0.4) is 0 Å². The molecule has 0 unspecified atom stereocenters. The van der Waals surface area contributed by atoms with E-state index in [4.69, 9.17) is 14.6 Å². The van der Waals surface area contributed by atoms with Gasteiger partial charge in [0, 0.05) is 6.42 Å². The summed E-state index contributed by atoms with van der Waals surface area (Å²) in [6, 6.07) is 4.46. The number of aryl methyl sites for hydroxylation is 1. The second-order valence-corrected chi connectivity index (χ2v) is 3.43. The molecular formula is C11H13FO3. The van der Waals surface area contributed by atoms with E-state index in [0.717, 1.165) is 12.0 Å². The number of aliphatic hydroxyl groups excluding tert-OH is 1. The zero-order valence-corrected chi connectivity index (χ0v) is 8.28. The van der Waals surface area contributed by atoms with Crippen LogP contribution < -0.4 is 4.74 Å². The molecule has 0 saturated heterocycles. The molecule has 1 heterocycles. The van der Waals surface area contributed by atoms with Crippen LogP contribution in [-0.2, 0) is 11.2 Å². The average molecular weight is 212 g/mol. The SMILES string of the molecule is OCCO[C@H]1CCc2cc(F)ccc2O1. The first-order chi connectivity index (χ1) is 7.29. The third kappa shape index (κ3) is 2.46. The molecule has 1 aromatic rings. The second-order valence-electron chi connectivity index (χ2n) is 3.43. The summed E-state index contributed by atoms with van der Waals surface area (Å²) in [5, 5.41) is 8.60. The van der Waals surface area contributed by atoms with E-state index in [1.807, 2.05) is 0 Å². The van der Waals surface area contributed by atoms with E-state index < -0.39 is 0 Å². The molecule has 3 nitrogen and oxygen atoms in total. The topological polar surface area (TPSA) is 38.7 Å². The second kappa shape index (κ2) is 4.59. The van der Waals surface area contributed by atoms with Crippen LogP contribution in [0.5, 0.6) is 5.75 Å². The quantitative estimate of drug-likeness (QED) is 0.824. The van der Waals surface area contributed by atoms with Crippen molar-refractivity contribution in [3.63, 3.8) is 0 Å². The van der Waals surface area contributed by atoms with E-state index in [0.29, 0.717) is 12.2 Å². The molecule has 1 aromatic carbocycles. The van der Waals surface area contributed by atoms with Crippen LogP contribution >= 0.6 is 0 Å². The first kappa shape index (κ1) is 10.4. The number of ether oxygens (including phenoxy) is 2. The third-order valence-corrected chi connectivity index (χ3v) is 2.33. The Balaban J connectivity index is 2.03. The fourth-order valence-corrected chi connectivity index (χ4v) is 1.63. The summed E-state index contributed by atoms with van der Waals surface area (Å²) >= 11 is 0. The molecule has 15 heavy (non-hydrogen) atoms. The lowest BCUT2D eigenvalue weighted by atomic mass is 10.1. The number of hydrogen-bond donors (Lipinski definition) is 1. The Morgan fingerprint density at radius 2 is 2.40 bits per heavy atom. The van der Waals surface area contributed by atoms with E-state index in [2.05, 4.69) is 0 Å². The number of aliphatic hydroxyl groups is 1. The zero-order chi connectivity index (χ0) is 10.7. The summed E-state index contributed by atoms with van der Waals surface area (Å²) in [5.41, 5.74) is 0.874. The third-order valence-electron chi connectivity index (χ3n) is 2.33. The highest BCUT2D eigenvalue weighted by atomic mass is 19.1. The van der Waals surface area contributed by atoms with Crippen LogP contribution in [0.1, 0.15) is 12.0 Å². The van der Waals surface area contributed by atoms with Crippen molar-refractivity contribution in [2.75, 3.05) is 13.2 Å². The van der Waals surface area contributed by atoms with Gasteiger partial charge in [0.25, 0.3) is 0 Å². The molecule has 82 valence electrons. The largest absolute Gasteiger partial charge is 0.465 e. The van der Waals surface area contributed by atoms with Crippen molar-refractivity contribution in [2.45, 2.75) is 19.1 Å². The highest BCUT2D eigenvalue weighted by molar-refractivity contribution is 5.35. The van der Waals surface area contributed by atoms with Gasteiger partial charge in [-0.05, 0) is 30.2 Å². The normalized spacial score (nSPS) is 19.5. The van der Waals surface area contributed by atoms with Gasteiger partial charge in [0.15, 0.2) is 6.29 Å². The minimum absolute atomic E-state index is 0.0177. The number of rotatable bonds is 3. The van der Waals surface area contributed by atoms with Gasteiger partial charge in [-0.1, -0.05) is 0 Å². The van der Waals surface area contributed by atoms with Gasteiger partial charge in [0.05, 0.1) is 13.2 Å². The monoisotopic (exact) mass is 212 g/mol. The van der Waals surface area contributed by atoms with Crippen LogP contribution in [0.2, 0.25) is 0 Å². The molecule has 1 aliphatic rings. The fourth-order valence-electron chi connectivity index (χ4n) is 1.63. The molecule has 0 aliphatic carbocycles. The van der Waals surface area contributed by atoms with Gasteiger partial charge in [0.2, 0.25) is 0 Å². The molecule has 1 atom stereocenters. The Morgan fingerprint density at radius 3 is 3.20 bits per heavy atom. The van der Waals surface area contributed by atoms with Gasteiger partial charge < -0.3 is 14.6 Å². The van der Waals surface area contributed by atoms with Crippen molar-refractivity contribution in [2.24, 2.45) is 0 Å². The van der Waals surface area contributed by atoms with E-state index >= 15 is 0 Å². The average Bonchev–Trinajstić information content (AvgIpc) is 2.26. The predicted molar refractivity (Wildman–Crippen MR) is 52.2 cm³/mol. The predicted octanol–water partition coefficient (Wildman–Crippen LogP) is 1.49. The molecule has 4 heteroatoms. The van der Waals surface area contributed by atoms with Gasteiger partial charge in [-0.3, -0.25) is 0 Å². The number of benzene rings is 1. The highest BCUT2D eigenvalue weighted by Crippen LogP contribution is 2.28. The lowest BCUT2D eigenvalue weighted by Gasteiger charge is -2.25. The lowest BCUT2D eigenvalue weighted by molar-refractivity contribution is -0.0986. The summed E-state index contributed by atoms with van der Waals surface area (Å²) in [7, 11) is 0. The van der Waals surface area contributed by atoms with Crippen LogP contribution in [0.15, 0.2) is 18.2 Å². The van der Waals surface area contributed by atoms with Crippen molar-refractivity contribution >= 4 is 0 Å². The first-order valence-corrected chi connectivity index (χ1v) is 4.97. The molecule has 1 N–H and O–H groups in total. The minimum atomic E-state index is -0.324. The zero-order valence-electron chi connectivity index (χ0n) is 8.28. The molecule has 2 rings (SSSR count). The Bertz CT molecular complexity index is 341. The molecule has 0 aromatic heterocycles. The molecule has 0 bridgehead atoms. The Labute approximate surface area is 87.4 Å². The Kier molecular flexibility index (Phi) is 3.18. The number of hydrogen-bond acceptors (Lipinski definition) is 3. The fraction of sp³-hybridized carbons (Fsp3) is 0.455. The standard InChI is InChI=1S/C11H13FO3/c12-9-2-3-10-8(7-9)1-4-11(15-10)14-6-5-13/h2-3,7,11,13H,1,4-6H2/t11-/m1/s1. The van der Waals surface area contributed by atoms with Crippen molar-refractivity contribution in [3.05, 3.63) is 29.6 Å². The summed E-state index contributed by atoms with van der Waals surface area (Å²) < 4.78 is 23.6. The summed E-state index contributed by atoms with van der Waals surface area (Å²) in [6.07, 6.45) is 1.11. The lowest BCUT2D eigenvalue weighted by Crippen LogP contribution is -2.26. The Hall–Kier alpha value is -1.13. The maximum atomic E-state index is 12.9. The van der Waals surface area contributed by atoms with Gasteiger partial charge in [-0.2, -0.15) is 0 Å². The van der Waals surface area contributed by atoms with Crippen molar-refractivity contribution < 1.29 is 19.0 Å². The molecule has 0 fully saturated rings. The van der Waals surface area contributed by atoms with Crippen molar-refractivity contribution in [1.29, 1.82) is 0 Å². The van der Waals surface area contributed by atoms with E-state index in [9.17, 15) is 4.39 Å². The maximum absolute atomic E-state index is 12.9. The van der Waals surface area contributed by atoms with Gasteiger partial charge in [0.1, 0.15) is 11.6 Å². The first-order valence-electron chi connectivity index (χ1n) is 4.97. The van der Waals surface area contributed by atoms with E-state index in [1.165, 1.54) is 12.1 Å². The number of halogens is 1. The smallest absolute Gasteiger partial charge is 0.200 e. The molecule has 0 saturated carbocycles. The molecule has 0 amide bonds. The van der Waals surface area contributed by atoms with Gasteiger partial charge in [-0.15, -0.1) is 0 Å². The molecule has 1 aliphatic heterocycles. The van der Waals surface area contributed by atoms with E-state index in [1.54, 1.807) is 6.07 Å². The molecule has 0 spiro atoms. The maximum Gasteiger partial charge on any atom is 0.200 e. The van der Waals surface area contributed by atoms with Gasteiger partial charge >= 0.3 is 0 Å². The summed E-state index contributed by atoms with van der Waals surface area (Å²) in [5.74, 6) is 0.428. The van der Waals surface area contributed by atoms with Crippen LogP contribution in [-0.4, -0.2) is 24.6 Å². The minimum Gasteiger partial charge on any atom is -0.465 e. The van der Waals surface area contributed by atoms with Crippen molar-refractivity contribution in [1.82, 2.24) is 0 Å². The number of fused-ring (bicyclic) bond motifs is 1. The van der Waals surface area contributed by atoms with Gasteiger partial charge in [-0.25, -0.2) is 4.39 Å². The van der Waals surface area contributed by atoms with Crippen molar-refractivity contribution in [3.8, 4) is 5.75 Å². The molecular weight excluding hydrogens is 199 g/mol. The van der Waals surface area contributed by atoms with Crippen LogP contribution in [0, 0.1) is 5.82 Å². The van der Waals surface area contributed by atoms with Crippen LogP contribution in [0.4, 0.5) is 4.39 Å². The van der Waals surface area contributed by atoms with Crippen LogP contribution in [0.25, 0.3) is 0 Å². The highest BCUT2D eigenvalue weighted by Gasteiger charge is 2.20. The van der Waals surface area contributed by atoms with E-state index in [-0.39, 0.29) is 25.3 Å². The molecule has 0 radical (unpaired) electrons. The summed E-state index contributed by atoms with van der Waals surface area (Å²) in [4.78, 5) is 0. The Morgan fingerprint density at radius 1 is 1.53 bits per heavy atom.